The summed E-state index contributed by atoms with van der Waals surface area (Å²) in [6.45, 7) is 6.62. The number of hydrogen-bond acceptors (Lipinski definition) is 8. The van der Waals surface area contributed by atoms with Crippen molar-refractivity contribution in [3.63, 3.8) is 0 Å². The lowest BCUT2D eigenvalue weighted by Crippen LogP contribution is -2.57. The fourth-order valence-corrected chi connectivity index (χ4v) is 5.72. The number of amides is 1. The Balaban J connectivity index is 1.41. The summed E-state index contributed by atoms with van der Waals surface area (Å²) in [5.74, 6) is -0.0961. The van der Waals surface area contributed by atoms with Gasteiger partial charge in [0.2, 0.25) is 0 Å². The third kappa shape index (κ3) is 4.43. The minimum atomic E-state index is -0.624. The van der Waals surface area contributed by atoms with Crippen molar-refractivity contribution < 1.29 is 23.8 Å². The van der Waals surface area contributed by atoms with E-state index in [0.717, 1.165) is 23.6 Å². The van der Waals surface area contributed by atoms with E-state index in [1.165, 1.54) is 13.2 Å². The van der Waals surface area contributed by atoms with Gasteiger partial charge in [0.05, 0.1) is 24.6 Å². The zero-order chi connectivity index (χ0) is 27.5. The van der Waals surface area contributed by atoms with Crippen LogP contribution in [0.25, 0.3) is 32.9 Å². The number of methoxy groups -OCH3 is 1. The summed E-state index contributed by atoms with van der Waals surface area (Å²) >= 11 is 0. The standard InChI is InChI=1S/C29H30FN5O4/c1-29(2,3)39-28(37)35-17-9-10-18(35)15-34(14-17)26-22-13-31-24(23(30)25(22)32-27(33-26)38-4)21-12-19(36)11-16-7-5-6-8-20(16)21/h5-8,11-13,17-18,36H,9-10,14-15H2,1-4H3. The van der Waals surface area contributed by atoms with Crippen LogP contribution >= 0.6 is 0 Å². The monoisotopic (exact) mass is 531 g/mol. The van der Waals surface area contributed by atoms with Crippen molar-refractivity contribution >= 4 is 33.6 Å². The van der Waals surface area contributed by atoms with Gasteiger partial charge in [0.25, 0.3) is 0 Å². The number of anilines is 1. The van der Waals surface area contributed by atoms with Gasteiger partial charge < -0.3 is 19.5 Å². The molecule has 1 N–H and O–H groups in total. The van der Waals surface area contributed by atoms with Crippen molar-refractivity contribution in [3.8, 4) is 23.0 Å². The van der Waals surface area contributed by atoms with Gasteiger partial charge in [0.15, 0.2) is 5.82 Å². The van der Waals surface area contributed by atoms with Crippen molar-refractivity contribution in [1.82, 2.24) is 19.9 Å². The molecule has 2 bridgehead atoms. The number of nitrogens with zero attached hydrogens (tertiary/aromatic N) is 5. The van der Waals surface area contributed by atoms with E-state index >= 15 is 4.39 Å². The Bertz CT molecular complexity index is 1590. The van der Waals surface area contributed by atoms with Crippen molar-refractivity contribution in [2.75, 3.05) is 25.1 Å². The van der Waals surface area contributed by atoms with E-state index in [4.69, 9.17) is 9.47 Å². The predicted molar refractivity (Wildman–Crippen MR) is 146 cm³/mol. The first-order valence-electron chi connectivity index (χ1n) is 13.0. The first-order valence-corrected chi connectivity index (χ1v) is 13.0. The van der Waals surface area contributed by atoms with E-state index in [2.05, 4.69) is 19.9 Å². The number of aromatic nitrogens is 3. The van der Waals surface area contributed by atoms with E-state index in [1.807, 2.05) is 49.9 Å². The molecule has 39 heavy (non-hydrogen) atoms. The molecule has 9 nitrogen and oxygen atoms in total. The molecule has 1 amide bonds. The van der Waals surface area contributed by atoms with Crippen LogP contribution in [0.1, 0.15) is 33.6 Å². The third-order valence-corrected chi connectivity index (χ3v) is 7.31. The molecule has 4 heterocycles. The van der Waals surface area contributed by atoms with Gasteiger partial charge >= 0.3 is 12.1 Å². The molecule has 0 radical (unpaired) electrons. The first-order chi connectivity index (χ1) is 18.6. The topological polar surface area (TPSA) is 101 Å². The Hall–Kier alpha value is -4.21. The van der Waals surface area contributed by atoms with Gasteiger partial charge in [-0.15, -0.1) is 0 Å². The Labute approximate surface area is 225 Å². The molecule has 2 atom stereocenters. The second-order valence-corrected chi connectivity index (χ2v) is 11.1. The lowest BCUT2D eigenvalue weighted by atomic mass is 10.00. The molecule has 2 aromatic carbocycles. The molecular formula is C29H30FN5O4. The summed E-state index contributed by atoms with van der Waals surface area (Å²) in [5, 5.41) is 12.3. The summed E-state index contributed by atoms with van der Waals surface area (Å²) in [7, 11) is 1.44. The van der Waals surface area contributed by atoms with Crippen LogP contribution in [-0.4, -0.2) is 68.9 Å². The van der Waals surface area contributed by atoms with Crippen LogP contribution in [0, 0.1) is 5.82 Å². The highest BCUT2D eigenvalue weighted by molar-refractivity contribution is 6.00. The van der Waals surface area contributed by atoms with E-state index in [9.17, 15) is 9.90 Å². The summed E-state index contributed by atoms with van der Waals surface area (Å²) < 4.78 is 27.2. The van der Waals surface area contributed by atoms with Crippen molar-refractivity contribution in [1.29, 1.82) is 0 Å². The second-order valence-electron chi connectivity index (χ2n) is 11.1. The van der Waals surface area contributed by atoms with Crippen LogP contribution in [0.3, 0.4) is 0 Å². The fraction of sp³-hybridized carbons (Fsp3) is 0.379. The Morgan fingerprint density at radius 2 is 1.79 bits per heavy atom. The molecule has 2 saturated heterocycles. The smallest absolute Gasteiger partial charge is 0.410 e. The number of piperazine rings is 1. The summed E-state index contributed by atoms with van der Waals surface area (Å²) in [5.41, 5.74) is 0.0477. The lowest BCUT2D eigenvalue weighted by Gasteiger charge is -2.42. The predicted octanol–water partition coefficient (Wildman–Crippen LogP) is 5.29. The normalized spacial score (nSPS) is 19.1. The highest BCUT2D eigenvalue weighted by Gasteiger charge is 2.45. The zero-order valence-corrected chi connectivity index (χ0v) is 22.3. The molecule has 2 aliphatic rings. The average molecular weight is 532 g/mol. The second kappa shape index (κ2) is 9.21. The molecule has 2 aliphatic heterocycles. The van der Waals surface area contributed by atoms with Crippen LogP contribution in [-0.2, 0) is 4.74 Å². The Morgan fingerprint density at radius 3 is 2.49 bits per heavy atom. The maximum atomic E-state index is 16.2. The number of carbonyl (C=O) groups is 1. The van der Waals surface area contributed by atoms with E-state index in [-0.39, 0.29) is 41.1 Å². The van der Waals surface area contributed by atoms with Gasteiger partial charge in [-0.2, -0.15) is 9.97 Å². The number of benzene rings is 2. The SMILES string of the molecule is COc1nc(N2CC3CCC(C2)N3C(=O)OC(C)(C)C)c2cnc(-c3cc(O)cc4ccccc34)c(F)c2n1. The van der Waals surface area contributed by atoms with Crippen LogP contribution in [0.2, 0.25) is 0 Å². The maximum absolute atomic E-state index is 16.2. The quantitative estimate of drug-likeness (QED) is 0.381. The lowest BCUT2D eigenvalue weighted by molar-refractivity contribution is 0.0123. The highest BCUT2D eigenvalue weighted by atomic mass is 19.1. The molecule has 202 valence electrons. The van der Waals surface area contributed by atoms with E-state index < -0.39 is 11.4 Å². The minimum Gasteiger partial charge on any atom is -0.508 e. The molecule has 2 aromatic heterocycles. The Morgan fingerprint density at radius 1 is 1.08 bits per heavy atom. The largest absolute Gasteiger partial charge is 0.508 e. The number of aromatic hydroxyl groups is 1. The number of halogens is 1. The fourth-order valence-electron chi connectivity index (χ4n) is 5.72. The number of carbonyl (C=O) groups excluding carboxylic acids is 1. The van der Waals surface area contributed by atoms with Gasteiger partial charge in [0.1, 0.15) is 28.4 Å². The number of ether oxygens (including phenoxy) is 2. The molecule has 2 fully saturated rings. The molecular weight excluding hydrogens is 501 g/mol. The molecule has 10 heteroatoms. The number of hydrogen-bond donors (Lipinski definition) is 1. The maximum Gasteiger partial charge on any atom is 0.410 e. The van der Waals surface area contributed by atoms with Crippen LogP contribution in [0.15, 0.2) is 42.6 Å². The number of pyridine rings is 1. The molecule has 6 rings (SSSR count). The van der Waals surface area contributed by atoms with Gasteiger partial charge in [-0.25, -0.2) is 9.18 Å². The molecule has 0 saturated carbocycles. The average Bonchev–Trinajstić information content (AvgIpc) is 3.16. The van der Waals surface area contributed by atoms with Crippen molar-refractivity contribution in [2.45, 2.75) is 51.3 Å². The van der Waals surface area contributed by atoms with E-state index in [0.29, 0.717) is 29.9 Å². The minimum absolute atomic E-state index is 0.0179. The number of phenols is 1. The van der Waals surface area contributed by atoms with Crippen LogP contribution in [0.5, 0.6) is 11.8 Å². The van der Waals surface area contributed by atoms with Crippen LogP contribution in [0.4, 0.5) is 15.0 Å². The van der Waals surface area contributed by atoms with Crippen molar-refractivity contribution in [3.05, 3.63) is 48.4 Å². The summed E-state index contributed by atoms with van der Waals surface area (Å²) in [6, 6.07) is 10.5. The molecule has 2 unspecified atom stereocenters. The molecule has 0 spiro atoms. The zero-order valence-electron chi connectivity index (χ0n) is 22.3. The van der Waals surface area contributed by atoms with E-state index in [1.54, 1.807) is 12.3 Å². The van der Waals surface area contributed by atoms with Gasteiger partial charge in [0, 0.05) is 24.8 Å². The number of rotatable bonds is 3. The highest BCUT2D eigenvalue weighted by Crippen LogP contribution is 2.39. The number of fused-ring (bicyclic) bond motifs is 4. The number of phenolic OH excluding ortho intramolecular Hbond substituents is 1. The molecule has 4 aromatic rings. The summed E-state index contributed by atoms with van der Waals surface area (Å²) in [4.78, 5) is 30.3. The van der Waals surface area contributed by atoms with Crippen molar-refractivity contribution in [2.24, 2.45) is 0 Å². The first kappa shape index (κ1) is 25.1. The van der Waals surface area contributed by atoms with Crippen LogP contribution < -0.4 is 9.64 Å². The Kier molecular flexibility index (Phi) is 5.93. The van der Waals surface area contributed by atoms with Gasteiger partial charge in [-0.3, -0.25) is 9.88 Å². The summed E-state index contributed by atoms with van der Waals surface area (Å²) in [6.07, 6.45) is 2.96. The van der Waals surface area contributed by atoms with Gasteiger partial charge in [-0.05, 0) is 56.5 Å². The van der Waals surface area contributed by atoms with Gasteiger partial charge in [-0.1, -0.05) is 24.3 Å². The molecule has 0 aliphatic carbocycles. The third-order valence-electron chi connectivity index (χ3n) is 7.31.